The Morgan fingerprint density at radius 3 is 2.70 bits per heavy atom. The number of carbonyl (C=O) groups excluding carboxylic acids is 1. The maximum Gasteiger partial charge on any atom is 0.249 e. The summed E-state index contributed by atoms with van der Waals surface area (Å²) in [4.78, 5) is 12.8. The zero-order valence-electron chi connectivity index (χ0n) is 16.6. The molecule has 0 saturated heterocycles. The third kappa shape index (κ3) is 3.69. The number of aryl methyl sites for hydroxylation is 1. The molecule has 0 unspecified atom stereocenters. The third-order valence-electron chi connectivity index (χ3n) is 4.61. The van der Waals surface area contributed by atoms with Gasteiger partial charge in [-0.05, 0) is 6.07 Å². The van der Waals surface area contributed by atoms with Gasteiger partial charge in [0.2, 0.25) is 17.7 Å². The Labute approximate surface area is 177 Å². The molecule has 2 aromatic heterocycles. The van der Waals surface area contributed by atoms with E-state index in [0.717, 1.165) is 16.5 Å². The molecule has 154 valence electrons. The summed E-state index contributed by atoms with van der Waals surface area (Å²) in [6, 6.07) is 11.0. The van der Waals surface area contributed by atoms with Crippen molar-refractivity contribution >= 4 is 34.1 Å². The van der Waals surface area contributed by atoms with Crippen LogP contribution in [0, 0.1) is 6.92 Å². The number of hydrogen-bond acceptors (Lipinski definition) is 6. The number of nitrogens with one attached hydrogen (secondary N) is 1. The lowest BCUT2D eigenvalue weighted by Gasteiger charge is -2.14. The number of nitrogens with zero attached hydrogens (tertiary/aromatic N) is 3. The first kappa shape index (κ1) is 19.8. The van der Waals surface area contributed by atoms with E-state index in [4.69, 9.17) is 25.5 Å². The van der Waals surface area contributed by atoms with E-state index < -0.39 is 0 Å². The van der Waals surface area contributed by atoms with Crippen molar-refractivity contribution in [2.75, 3.05) is 19.5 Å². The fourth-order valence-electron chi connectivity index (χ4n) is 3.25. The number of rotatable bonds is 6. The second kappa shape index (κ2) is 8.08. The minimum absolute atomic E-state index is 0.0547. The fourth-order valence-corrected chi connectivity index (χ4v) is 3.49. The topological polar surface area (TPSA) is 91.4 Å². The average Bonchev–Trinajstić information content (AvgIpc) is 3.33. The predicted molar refractivity (Wildman–Crippen MR) is 113 cm³/mol. The summed E-state index contributed by atoms with van der Waals surface area (Å²) in [6.45, 7) is 1.79. The van der Waals surface area contributed by atoms with Crippen molar-refractivity contribution in [1.82, 2.24) is 14.8 Å². The molecule has 0 aliphatic heterocycles. The summed E-state index contributed by atoms with van der Waals surface area (Å²) in [6.07, 6.45) is 1.82. The van der Waals surface area contributed by atoms with Gasteiger partial charge in [-0.3, -0.25) is 4.79 Å². The molecule has 30 heavy (non-hydrogen) atoms. The van der Waals surface area contributed by atoms with Gasteiger partial charge < -0.3 is 23.8 Å². The Bertz CT molecular complexity index is 1230. The van der Waals surface area contributed by atoms with E-state index in [9.17, 15) is 4.79 Å². The number of fused-ring (bicyclic) bond motifs is 1. The van der Waals surface area contributed by atoms with E-state index in [1.807, 2.05) is 35.0 Å². The summed E-state index contributed by atoms with van der Waals surface area (Å²) in [5, 5.41) is 12.0. The van der Waals surface area contributed by atoms with Crippen molar-refractivity contribution in [3.05, 3.63) is 53.5 Å². The van der Waals surface area contributed by atoms with Crippen LogP contribution in [-0.2, 0) is 11.3 Å². The Morgan fingerprint density at radius 1 is 1.20 bits per heavy atom. The van der Waals surface area contributed by atoms with Crippen LogP contribution < -0.4 is 14.8 Å². The van der Waals surface area contributed by atoms with Gasteiger partial charge in [0.1, 0.15) is 23.7 Å². The number of carbonyl (C=O) groups is 1. The normalized spacial score (nSPS) is 10.9. The number of hydrogen-bond donors (Lipinski definition) is 1. The van der Waals surface area contributed by atoms with Crippen molar-refractivity contribution < 1.29 is 18.7 Å². The standard InChI is InChI=1S/C21H19ClN4O4/c1-12-24-25-21(30-12)15-10-26(17-7-5-4-6-14(15)17)11-19(27)23-20-16(22)8-13(28-2)9-18(20)29-3/h4-10H,11H2,1-3H3,(H,23,27). The molecule has 4 rings (SSSR count). The maximum atomic E-state index is 12.8. The summed E-state index contributed by atoms with van der Waals surface area (Å²) >= 11 is 6.31. The molecular weight excluding hydrogens is 408 g/mol. The molecule has 9 heteroatoms. The average molecular weight is 427 g/mol. The van der Waals surface area contributed by atoms with Crippen LogP contribution in [0.4, 0.5) is 5.69 Å². The van der Waals surface area contributed by atoms with E-state index in [1.165, 1.54) is 14.2 Å². The molecule has 1 amide bonds. The van der Waals surface area contributed by atoms with Gasteiger partial charge in [0.05, 0.1) is 24.8 Å². The molecule has 0 atom stereocenters. The van der Waals surface area contributed by atoms with Gasteiger partial charge in [-0.25, -0.2) is 0 Å². The van der Waals surface area contributed by atoms with Crippen LogP contribution in [0.25, 0.3) is 22.4 Å². The molecule has 8 nitrogen and oxygen atoms in total. The minimum atomic E-state index is -0.269. The maximum absolute atomic E-state index is 12.8. The number of methoxy groups -OCH3 is 2. The second-order valence-corrected chi connectivity index (χ2v) is 6.96. The summed E-state index contributed by atoms with van der Waals surface area (Å²) in [5.41, 5.74) is 2.01. The monoisotopic (exact) mass is 426 g/mol. The molecular formula is C21H19ClN4O4. The Morgan fingerprint density at radius 2 is 2.00 bits per heavy atom. The van der Waals surface area contributed by atoms with Crippen LogP contribution in [0.5, 0.6) is 11.5 Å². The van der Waals surface area contributed by atoms with Crippen molar-refractivity contribution in [2.24, 2.45) is 0 Å². The molecule has 0 bridgehead atoms. The quantitative estimate of drug-likeness (QED) is 0.494. The summed E-state index contributed by atoms with van der Waals surface area (Å²) < 4.78 is 17.9. The van der Waals surface area contributed by atoms with Gasteiger partial charge in [-0.1, -0.05) is 29.8 Å². The minimum Gasteiger partial charge on any atom is -0.497 e. The van der Waals surface area contributed by atoms with Crippen LogP contribution in [0.2, 0.25) is 5.02 Å². The van der Waals surface area contributed by atoms with Gasteiger partial charge in [0.15, 0.2) is 0 Å². The number of aromatic nitrogens is 3. The van der Waals surface area contributed by atoms with Gasteiger partial charge >= 0.3 is 0 Å². The third-order valence-corrected chi connectivity index (χ3v) is 4.90. The van der Waals surface area contributed by atoms with Crippen molar-refractivity contribution in [2.45, 2.75) is 13.5 Å². The van der Waals surface area contributed by atoms with Crippen LogP contribution in [0.1, 0.15) is 5.89 Å². The van der Waals surface area contributed by atoms with E-state index in [2.05, 4.69) is 15.5 Å². The molecule has 2 heterocycles. The molecule has 0 fully saturated rings. The second-order valence-electron chi connectivity index (χ2n) is 6.55. The molecule has 4 aromatic rings. The predicted octanol–water partition coefficient (Wildman–Crippen LogP) is 4.31. The molecule has 0 saturated carbocycles. The molecule has 2 aromatic carbocycles. The number of anilines is 1. The van der Waals surface area contributed by atoms with Crippen molar-refractivity contribution in [3.8, 4) is 23.0 Å². The van der Waals surface area contributed by atoms with E-state index in [-0.39, 0.29) is 12.5 Å². The van der Waals surface area contributed by atoms with Gasteiger partial charge in [-0.15, -0.1) is 10.2 Å². The summed E-state index contributed by atoms with van der Waals surface area (Å²) in [7, 11) is 3.03. The largest absolute Gasteiger partial charge is 0.497 e. The lowest BCUT2D eigenvalue weighted by Crippen LogP contribution is -2.19. The number of benzene rings is 2. The number of para-hydroxylation sites is 1. The first-order chi connectivity index (χ1) is 14.5. The Hall–Kier alpha value is -3.52. The fraction of sp³-hybridized carbons (Fsp3) is 0.190. The van der Waals surface area contributed by atoms with Crippen LogP contribution in [-0.4, -0.2) is 34.9 Å². The molecule has 1 N–H and O–H groups in total. The highest BCUT2D eigenvalue weighted by atomic mass is 35.5. The molecule has 0 radical (unpaired) electrons. The van der Waals surface area contributed by atoms with Crippen LogP contribution in [0.3, 0.4) is 0 Å². The Balaban J connectivity index is 1.65. The number of ether oxygens (including phenoxy) is 2. The van der Waals surface area contributed by atoms with Gasteiger partial charge in [-0.2, -0.15) is 0 Å². The number of amides is 1. The molecule has 0 aliphatic carbocycles. The highest BCUT2D eigenvalue weighted by Crippen LogP contribution is 2.37. The Kier molecular flexibility index (Phi) is 5.33. The van der Waals surface area contributed by atoms with E-state index >= 15 is 0 Å². The SMILES string of the molecule is COc1cc(Cl)c(NC(=O)Cn2cc(-c3nnc(C)o3)c3ccccc32)c(OC)c1. The highest BCUT2D eigenvalue weighted by Gasteiger charge is 2.18. The zero-order chi connectivity index (χ0) is 21.3. The number of halogens is 1. The van der Waals surface area contributed by atoms with Crippen molar-refractivity contribution in [3.63, 3.8) is 0 Å². The first-order valence-electron chi connectivity index (χ1n) is 9.10. The first-order valence-corrected chi connectivity index (χ1v) is 9.47. The molecule has 0 aliphatic rings. The van der Waals surface area contributed by atoms with Gasteiger partial charge in [0, 0.05) is 36.2 Å². The zero-order valence-corrected chi connectivity index (χ0v) is 17.4. The lowest BCUT2D eigenvalue weighted by molar-refractivity contribution is -0.116. The van der Waals surface area contributed by atoms with Crippen LogP contribution >= 0.6 is 11.6 Å². The molecule has 0 spiro atoms. The highest BCUT2D eigenvalue weighted by molar-refractivity contribution is 6.34. The van der Waals surface area contributed by atoms with E-state index in [0.29, 0.717) is 34.0 Å². The van der Waals surface area contributed by atoms with Crippen molar-refractivity contribution in [1.29, 1.82) is 0 Å². The lowest BCUT2D eigenvalue weighted by atomic mass is 10.2. The van der Waals surface area contributed by atoms with Crippen LogP contribution in [0.15, 0.2) is 47.0 Å². The summed E-state index contributed by atoms with van der Waals surface area (Å²) in [5.74, 6) is 1.55. The van der Waals surface area contributed by atoms with E-state index in [1.54, 1.807) is 19.1 Å². The smallest absolute Gasteiger partial charge is 0.249 e. The van der Waals surface area contributed by atoms with Gasteiger partial charge in [0.25, 0.3) is 0 Å².